The monoisotopic (exact) mass is 158 g/mol. The highest BCUT2D eigenvalue weighted by atomic mass is 79.9. The number of rotatable bonds is 3. The molecule has 7 heavy (non-hydrogen) atoms. The SMILES string of the molecule is [B]CC/C=C/CBr. The number of hydrogen-bond acceptors (Lipinski definition) is 0. The Morgan fingerprint density at radius 2 is 2.14 bits per heavy atom. The molecule has 0 atom stereocenters. The molecule has 0 bridgehead atoms. The van der Waals surface area contributed by atoms with Gasteiger partial charge in [0.15, 0.2) is 0 Å². The zero-order valence-electron chi connectivity index (χ0n) is 4.23. The summed E-state index contributed by atoms with van der Waals surface area (Å²) < 4.78 is 0. The highest BCUT2D eigenvalue weighted by Gasteiger charge is 1.68. The van der Waals surface area contributed by atoms with E-state index in [4.69, 9.17) is 7.85 Å². The third-order valence-electron chi connectivity index (χ3n) is 0.589. The van der Waals surface area contributed by atoms with Gasteiger partial charge in [0.25, 0.3) is 0 Å². The Hall–Kier alpha value is 0.285. The molecule has 0 aliphatic rings. The molecule has 0 unspecified atom stereocenters. The van der Waals surface area contributed by atoms with Crippen LogP contribution < -0.4 is 0 Å². The van der Waals surface area contributed by atoms with Crippen LogP contribution in [0.2, 0.25) is 6.32 Å². The predicted molar refractivity (Wildman–Crippen MR) is 38.1 cm³/mol. The smallest absolute Gasteiger partial charge is 0.0657 e. The van der Waals surface area contributed by atoms with Crippen LogP contribution >= 0.6 is 15.9 Å². The Morgan fingerprint density at radius 3 is 2.57 bits per heavy atom. The lowest BCUT2D eigenvalue weighted by Crippen LogP contribution is -1.64. The van der Waals surface area contributed by atoms with Gasteiger partial charge in [-0.25, -0.2) is 0 Å². The molecule has 2 heteroatoms. The Bertz CT molecular complexity index is 52.0. The van der Waals surface area contributed by atoms with Crippen molar-refractivity contribution >= 4 is 23.8 Å². The average Bonchev–Trinajstić information content (AvgIpc) is 1.69. The second-order valence-corrected chi connectivity index (χ2v) is 1.85. The maximum atomic E-state index is 5.20. The largest absolute Gasteiger partial charge is 0.0884 e. The van der Waals surface area contributed by atoms with Crippen molar-refractivity contribution in [2.75, 3.05) is 5.33 Å². The van der Waals surface area contributed by atoms with E-state index >= 15 is 0 Å². The van der Waals surface area contributed by atoms with Crippen LogP contribution in [-0.4, -0.2) is 13.2 Å². The molecule has 0 fully saturated rings. The van der Waals surface area contributed by atoms with Gasteiger partial charge in [-0.2, -0.15) is 0 Å². The summed E-state index contributed by atoms with van der Waals surface area (Å²) in [6, 6.07) is 0. The summed E-state index contributed by atoms with van der Waals surface area (Å²) in [5.41, 5.74) is 0. The van der Waals surface area contributed by atoms with E-state index < -0.39 is 0 Å². The molecule has 2 radical (unpaired) electrons. The lowest BCUT2D eigenvalue weighted by atomic mass is 10.0. The van der Waals surface area contributed by atoms with Crippen LogP contribution in [0.5, 0.6) is 0 Å². The summed E-state index contributed by atoms with van der Waals surface area (Å²) in [6.45, 7) is 0. The van der Waals surface area contributed by atoms with Crippen LogP contribution in [0.1, 0.15) is 6.42 Å². The maximum absolute atomic E-state index is 5.20. The molecule has 0 saturated carbocycles. The highest BCUT2D eigenvalue weighted by molar-refractivity contribution is 9.09. The molecule has 0 aliphatic heterocycles. The van der Waals surface area contributed by atoms with Crippen molar-refractivity contribution < 1.29 is 0 Å². The van der Waals surface area contributed by atoms with Gasteiger partial charge in [-0.05, 0) is 6.42 Å². The molecule has 38 valence electrons. The van der Waals surface area contributed by atoms with Crippen molar-refractivity contribution in [1.29, 1.82) is 0 Å². The molecular weight excluding hydrogens is 151 g/mol. The van der Waals surface area contributed by atoms with Crippen LogP contribution in [0.3, 0.4) is 0 Å². The van der Waals surface area contributed by atoms with E-state index in [0.717, 1.165) is 18.1 Å². The molecule has 0 heterocycles. The minimum absolute atomic E-state index is 0.753. The van der Waals surface area contributed by atoms with Crippen molar-refractivity contribution in [3.63, 3.8) is 0 Å². The number of halogens is 1. The van der Waals surface area contributed by atoms with Crippen molar-refractivity contribution in [1.82, 2.24) is 0 Å². The fraction of sp³-hybridized carbons (Fsp3) is 0.600. The second kappa shape index (κ2) is 6.28. The molecule has 0 aromatic rings. The minimum Gasteiger partial charge on any atom is -0.0884 e. The first-order valence-electron chi connectivity index (χ1n) is 2.33. The van der Waals surface area contributed by atoms with Gasteiger partial charge in [0, 0.05) is 5.33 Å². The number of alkyl halides is 1. The normalized spacial score (nSPS) is 10.4. The minimum atomic E-state index is 0.753. The predicted octanol–water partition coefficient (Wildman–Crippen LogP) is 1.91. The average molecular weight is 159 g/mol. The van der Waals surface area contributed by atoms with E-state index in [0.29, 0.717) is 0 Å². The molecule has 0 N–H and O–H groups in total. The maximum Gasteiger partial charge on any atom is 0.0657 e. The first-order valence-corrected chi connectivity index (χ1v) is 3.45. The summed E-state index contributed by atoms with van der Waals surface area (Å²) in [5.74, 6) is 0. The molecule has 0 nitrogen and oxygen atoms in total. The van der Waals surface area contributed by atoms with E-state index in [1.807, 2.05) is 6.08 Å². The molecular formula is C5H8BBr. The molecule has 0 aromatic heterocycles. The summed E-state index contributed by atoms with van der Waals surface area (Å²) in [7, 11) is 5.20. The molecule has 0 aromatic carbocycles. The first-order chi connectivity index (χ1) is 3.41. The Balaban J connectivity index is 2.78. The standard InChI is InChI=1S/C5H8BBr/c6-4-2-1-3-5-7/h1,3H,2,4-5H2/b3-1+. The molecule has 0 saturated heterocycles. The zero-order chi connectivity index (χ0) is 5.54. The van der Waals surface area contributed by atoms with E-state index in [-0.39, 0.29) is 0 Å². The fourth-order valence-electron chi connectivity index (χ4n) is 0.277. The van der Waals surface area contributed by atoms with Crippen molar-refractivity contribution in [3.8, 4) is 0 Å². The van der Waals surface area contributed by atoms with Gasteiger partial charge in [-0.1, -0.05) is 34.4 Å². The van der Waals surface area contributed by atoms with Crippen LogP contribution in [0.15, 0.2) is 12.2 Å². The highest BCUT2D eigenvalue weighted by Crippen LogP contribution is 1.88. The lowest BCUT2D eigenvalue weighted by Gasteiger charge is -1.79. The number of allylic oxidation sites excluding steroid dienone is 2. The summed E-state index contributed by atoms with van der Waals surface area (Å²) in [4.78, 5) is 0. The zero-order valence-corrected chi connectivity index (χ0v) is 5.82. The molecule has 0 rings (SSSR count). The Labute approximate surface area is 54.5 Å². The quantitative estimate of drug-likeness (QED) is 0.335. The summed E-state index contributed by atoms with van der Waals surface area (Å²) in [6.07, 6.45) is 5.86. The van der Waals surface area contributed by atoms with Crippen molar-refractivity contribution in [2.45, 2.75) is 12.7 Å². The topological polar surface area (TPSA) is 0 Å². The number of hydrogen-bond donors (Lipinski definition) is 0. The van der Waals surface area contributed by atoms with Crippen LogP contribution in [0, 0.1) is 0 Å². The molecule has 0 amide bonds. The third-order valence-corrected chi connectivity index (χ3v) is 0.963. The van der Waals surface area contributed by atoms with Gasteiger partial charge in [-0.15, -0.1) is 0 Å². The second-order valence-electron chi connectivity index (χ2n) is 1.20. The third kappa shape index (κ3) is 6.28. The summed E-state index contributed by atoms with van der Waals surface area (Å²) in [5, 5.41) is 0.938. The first kappa shape index (κ1) is 7.28. The summed E-state index contributed by atoms with van der Waals surface area (Å²) >= 11 is 3.25. The van der Waals surface area contributed by atoms with Gasteiger partial charge in [0.05, 0.1) is 7.85 Å². The van der Waals surface area contributed by atoms with E-state index in [1.54, 1.807) is 0 Å². The van der Waals surface area contributed by atoms with Gasteiger partial charge >= 0.3 is 0 Å². The van der Waals surface area contributed by atoms with Gasteiger partial charge in [0.2, 0.25) is 0 Å². The molecule has 0 aliphatic carbocycles. The lowest BCUT2D eigenvalue weighted by molar-refractivity contribution is 1.21. The van der Waals surface area contributed by atoms with Crippen molar-refractivity contribution in [2.24, 2.45) is 0 Å². The van der Waals surface area contributed by atoms with E-state index in [2.05, 4.69) is 22.0 Å². The van der Waals surface area contributed by atoms with Crippen molar-refractivity contribution in [3.05, 3.63) is 12.2 Å². The Kier molecular flexibility index (Phi) is 6.54. The fourth-order valence-corrected chi connectivity index (χ4v) is 0.541. The van der Waals surface area contributed by atoms with Crippen LogP contribution in [0.4, 0.5) is 0 Å². The van der Waals surface area contributed by atoms with Gasteiger partial charge < -0.3 is 0 Å². The molecule has 0 spiro atoms. The van der Waals surface area contributed by atoms with E-state index in [1.165, 1.54) is 0 Å². The van der Waals surface area contributed by atoms with E-state index in [9.17, 15) is 0 Å². The van der Waals surface area contributed by atoms with Crippen LogP contribution in [0.25, 0.3) is 0 Å². The Morgan fingerprint density at radius 1 is 1.43 bits per heavy atom. The van der Waals surface area contributed by atoms with Crippen LogP contribution in [-0.2, 0) is 0 Å². The van der Waals surface area contributed by atoms with Gasteiger partial charge in [0.1, 0.15) is 0 Å². The van der Waals surface area contributed by atoms with Gasteiger partial charge in [-0.3, -0.25) is 0 Å².